The van der Waals surface area contributed by atoms with Gasteiger partial charge in [0.05, 0.1) is 10.6 Å². The molecule has 2 aliphatic rings. The van der Waals surface area contributed by atoms with Gasteiger partial charge in [0.1, 0.15) is 0 Å². The number of sulfone groups is 1. The van der Waals surface area contributed by atoms with Crippen LogP contribution in [0, 0.1) is 0 Å². The lowest BCUT2D eigenvalue weighted by molar-refractivity contribution is -0.135. The van der Waals surface area contributed by atoms with Gasteiger partial charge in [-0.15, -0.1) is 0 Å². The number of hydrogen-bond donors (Lipinski definition) is 0. The Kier molecular flexibility index (Phi) is 5.62. The Morgan fingerprint density at radius 2 is 1.83 bits per heavy atom. The molecule has 1 amide bonds. The summed E-state index contributed by atoms with van der Waals surface area (Å²) in [5, 5.41) is 0.471. The van der Waals surface area contributed by atoms with Gasteiger partial charge in [-0.25, -0.2) is 8.42 Å². The van der Waals surface area contributed by atoms with Crippen LogP contribution < -0.4 is 0 Å². The van der Waals surface area contributed by atoms with E-state index < -0.39 is 14.6 Å². The molecule has 1 saturated carbocycles. The summed E-state index contributed by atoms with van der Waals surface area (Å²) in [4.78, 5) is 24.1. The normalized spacial score (nSPS) is 21.8. The van der Waals surface area contributed by atoms with Crippen molar-refractivity contribution in [1.82, 2.24) is 14.9 Å². The van der Waals surface area contributed by atoms with Crippen molar-refractivity contribution in [2.24, 2.45) is 0 Å². The van der Waals surface area contributed by atoms with Gasteiger partial charge in [-0.05, 0) is 49.9 Å². The lowest BCUT2D eigenvalue weighted by Gasteiger charge is -2.38. The average molecular weight is 434 g/mol. The molecule has 1 aliphatic heterocycles. The predicted octanol–water partition coefficient (Wildman–Crippen LogP) is 3.62. The fraction of sp³-hybridized carbons (Fsp3) is 0.476. The van der Waals surface area contributed by atoms with Gasteiger partial charge in [0, 0.05) is 42.6 Å². The molecule has 2 aromatic rings. The molecule has 0 unspecified atom stereocenters. The van der Waals surface area contributed by atoms with E-state index in [-0.39, 0.29) is 16.7 Å². The maximum absolute atomic E-state index is 13.7. The van der Waals surface area contributed by atoms with Gasteiger partial charge in [0.2, 0.25) is 5.91 Å². The first-order valence-electron chi connectivity index (χ1n) is 9.99. The number of likely N-dealkylation sites (tertiary alicyclic amines) is 1. The first-order chi connectivity index (χ1) is 13.9. The largest absolute Gasteiger partial charge is 0.341 e. The summed E-state index contributed by atoms with van der Waals surface area (Å²) in [5.74, 6) is -0.184. The summed E-state index contributed by atoms with van der Waals surface area (Å²) in [6.07, 6.45) is 8.95. The van der Waals surface area contributed by atoms with Crippen LogP contribution in [0.5, 0.6) is 0 Å². The summed E-state index contributed by atoms with van der Waals surface area (Å²) < 4.78 is 25.8. The molecule has 0 radical (unpaired) electrons. The molecule has 1 saturated heterocycles. The Labute approximate surface area is 176 Å². The summed E-state index contributed by atoms with van der Waals surface area (Å²) in [5.41, 5.74) is 0.853. The second-order valence-electron chi connectivity index (χ2n) is 7.88. The summed E-state index contributed by atoms with van der Waals surface area (Å²) >= 11 is 5.93. The van der Waals surface area contributed by atoms with Crippen molar-refractivity contribution in [1.29, 1.82) is 0 Å². The molecule has 0 N–H and O–H groups in total. The Bertz CT molecular complexity index is 974. The molecule has 0 spiro atoms. The number of rotatable bonds is 4. The minimum Gasteiger partial charge on any atom is -0.341 e. The van der Waals surface area contributed by atoms with Crippen LogP contribution in [0.3, 0.4) is 0 Å². The Hall–Kier alpha value is -1.99. The Morgan fingerprint density at radius 3 is 2.48 bits per heavy atom. The molecule has 29 heavy (non-hydrogen) atoms. The standard InChI is InChI=1S/C21H24ClN3O3S/c22-17-5-7-18(8-6-17)29(27,28)21(9-1-2-10-21)20(26)25-13-3-4-16(15-25)19-14-23-11-12-24-19/h5-8,11-12,14,16H,1-4,9-10,13,15H2/t16-/m0/s1. The SMILES string of the molecule is O=C(N1CCC[C@H](c2cnccn2)C1)C1(S(=O)(=O)c2ccc(Cl)cc2)CCCC1. The molecule has 2 fully saturated rings. The lowest BCUT2D eigenvalue weighted by Crippen LogP contribution is -2.54. The predicted molar refractivity (Wildman–Crippen MR) is 110 cm³/mol. The van der Waals surface area contributed by atoms with Gasteiger partial charge < -0.3 is 4.90 Å². The number of carbonyl (C=O) groups excluding carboxylic acids is 1. The smallest absolute Gasteiger partial charge is 0.244 e. The number of amides is 1. The Morgan fingerprint density at radius 1 is 1.10 bits per heavy atom. The van der Waals surface area contributed by atoms with E-state index in [0.29, 0.717) is 31.0 Å². The molecular weight excluding hydrogens is 410 g/mol. The second kappa shape index (κ2) is 8.03. The van der Waals surface area contributed by atoms with Crippen molar-refractivity contribution >= 4 is 27.3 Å². The van der Waals surface area contributed by atoms with E-state index in [4.69, 9.17) is 11.6 Å². The third kappa shape index (κ3) is 3.66. The van der Waals surface area contributed by atoms with Crippen molar-refractivity contribution in [2.45, 2.75) is 54.1 Å². The number of benzene rings is 1. The fourth-order valence-electron chi connectivity index (χ4n) is 4.60. The van der Waals surface area contributed by atoms with Crippen LogP contribution in [-0.2, 0) is 14.6 Å². The number of carbonyl (C=O) groups is 1. The summed E-state index contributed by atoms with van der Waals surface area (Å²) in [7, 11) is -3.83. The van der Waals surface area contributed by atoms with Gasteiger partial charge in [-0.3, -0.25) is 14.8 Å². The van der Waals surface area contributed by atoms with Crippen LogP contribution in [0.4, 0.5) is 0 Å². The zero-order valence-corrected chi connectivity index (χ0v) is 17.7. The van der Waals surface area contributed by atoms with Crippen molar-refractivity contribution in [3.05, 3.63) is 53.6 Å². The molecule has 154 valence electrons. The van der Waals surface area contributed by atoms with E-state index in [0.717, 1.165) is 31.4 Å². The molecule has 8 heteroatoms. The van der Waals surface area contributed by atoms with E-state index in [1.54, 1.807) is 35.6 Å². The molecule has 0 bridgehead atoms. The fourth-order valence-corrected chi connectivity index (χ4v) is 6.85. The minimum absolute atomic E-state index is 0.0816. The molecular formula is C21H24ClN3O3S. The number of halogens is 1. The summed E-state index contributed by atoms with van der Waals surface area (Å²) in [6, 6.07) is 6.13. The number of nitrogens with zero attached hydrogens (tertiary/aromatic N) is 3. The molecule has 1 atom stereocenters. The molecule has 6 nitrogen and oxygen atoms in total. The van der Waals surface area contributed by atoms with Crippen molar-refractivity contribution in [3.8, 4) is 0 Å². The Balaban J connectivity index is 1.64. The van der Waals surface area contributed by atoms with Crippen LogP contribution in [0.2, 0.25) is 5.02 Å². The van der Waals surface area contributed by atoms with Gasteiger partial charge in [0.25, 0.3) is 0 Å². The number of hydrogen-bond acceptors (Lipinski definition) is 5. The number of aromatic nitrogens is 2. The number of piperidine rings is 1. The van der Waals surface area contributed by atoms with Crippen LogP contribution in [0.25, 0.3) is 0 Å². The van der Waals surface area contributed by atoms with E-state index in [1.807, 2.05) is 0 Å². The topological polar surface area (TPSA) is 80.2 Å². The van der Waals surface area contributed by atoms with E-state index in [9.17, 15) is 13.2 Å². The van der Waals surface area contributed by atoms with Gasteiger partial charge >= 0.3 is 0 Å². The molecule has 4 rings (SSSR count). The maximum atomic E-state index is 13.7. The van der Waals surface area contributed by atoms with Gasteiger partial charge in [-0.1, -0.05) is 24.4 Å². The van der Waals surface area contributed by atoms with Gasteiger partial charge in [-0.2, -0.15) is 0 Å². The van der Waals surface area contributed by atoms with Crippen LogP contribution in [0.1, 0.15) is 50.1 Å². The highest BCUT2D eigenvalue weighted by Crippen LogP contribution is 2.43. The highest BCUT2D eigenvalue weighted by atomic mass is 35.5. The first kappa shape index (κ1) is 20.3. The summed E-state index contributed by atoms with van der Waals surface area (Å²) in [6.45, 7) is 1.06. The van der Waals surface area contributed by atoms with Crippen molar-refractivity contribution in [2.75, 3.05) is 13.1 Å². The zero-order valence-electron chi connectivity index (χ0n) is 16.1. The third-order valence-electron chi connectivity index (χ3n) is 6.15. The lowest BCUT2D eigenvalue weighted by atomic mass is 9.93. The molecule has 1 aromatic heterocycles. The quantitative estimate of drug-likeness (QED) is 0.735. The van der Waals surface area contributed by atoms with Crippen molar-refractivity contribution in [3.63, 3.8) is 0 Å². The second-order valence-corrected chi connectivity index (χ2v) is 10.6. The van der Waals surface area contributed by atoms with Crippen LogP contribution in [0.15, 0.2) is 47.8 Å². The maximum Gasteiger partial charge on any atom is 0.244 e. The highest BCUT2D eigenvalue weighted by molar-refractivity contribution is 7.93. The van der Waals surface area contributed by atoms with Crippen LogP contribution in [-0.4, -0.2) is 47.0 Å². The monoisotopic (exact) mass is 433 g/mol. The zero-order chi connectivity index (χ0) is 20.5. The molecule has 1 aromatic carbocycles. The highest BCUT2D eigenvalue weighted by Gasteiger charge is 2.54. The molecule has 2 heterocycles. The minimum atomic E-state index is -3.83. The van der Waals surface area contributed by atoms with Crippen LogP contribution >= 0.6 is 11.6 Å². The average Bonchev–Trinajstić information content (AvgIpc) is 3.26. The van der Waals surface area contributed by atoms with E-state index in [1.165, 1.54) is 12.1 Å². The first-order valence-corrected chi connectivity index (χ1v) is 11.9. The molecule has 1 aliphatic carbocycles. The third-order valence-corrected chi connectivity index (χ3v) is 8.91. The van der Waals surface area contributed by atoms with E-state index >= 15 is 0 Å². The van der Waals surface area contributed by atoms with E-state index in [2.05, 4.69) is 9.97 Å². The van der Waals surface area contributed by atoms with Crippen molar-refractivity contribution < 1.29 is 13.2 Å². The van der Waals surface area contributed by atoms with Gasteiger partial charge in [0.15, 0.2) is 14.6 Å².